The molecule has 0 saturated heterocycles. The van der Waals surface area contributed by atoms with Crippen molar-refractivity contribution in [1.29, 1.82) is 0 Å². The van der Waals surface area contributed by atoms with Gasteiger partial charge in [0.05, 0.1) is 6.61 Å². The maximum absolute atomic E-state index is 11.1. The molecule has 35 heavy (non-hydrogen) atoms. The lowest BCUT2D eigenvalue weighted by Gasteiger charge is -2.07. The smallest absolute Gasteiger partial charge is 0.407 e. The van der Waals surface area contributed by atoms with Crippen molar-refractivity contribution in [2.75, 3.05) is 6.61 Å². The maximum Gasteiger partial charge on any atom is 0.407 e. The minimum absolute atomic E-state index is 0.0677. The van der Waals surface area contributed by atoms with Gasteiger partial charge >= 0.3 is 6.09 Å². The second-order valence-corrected chi connectivity index (χ2v) is 8.57. The SMILES string of the molecule is C=CCOC(=O)NCc1ccc(Br)cc1.CCC.Cc1ccc(COc2ccc(CO)cc2)cc1. The molecule has 0 aromatic heterocycles. The van der Waals surface area contributed by atoms with Gasteiger partial charge in [-0.2, -0.15) is 0 Å². The molecule has 5 nitrogen and oxygen atoms in total. The van der Waals surface area contributed by atoms with E-state index in [0.29, 0.717) is 13.2 Å². The Morgan fingerprint density at radius 1 is 0.943 bits per heavy atom. The molecule has 0 aliphatic rings. The van der Waals surface area contributed by atoms with Gasteiger partial charge in [0.1, 0.15) is 19.0 Å². The molecular weight excluding hydrogens is 506 g/mol. The quantitative estimate of drug-likeness (QED) is 0.292. The van der Waals surface area contributed by atoms with Gasteiger partial charge in [0, 0.05) is 11.0 Å². The van der Waals surface area contributed by atoms with Gasteiger partial charge in [-0.15, -0.1) is 0 Å². The summed E-state index contributed by atoms with van der Waals surface area (Å²) < 4.78 is 11.4. The van der Waals surface area contributed by atoms with Gasteiger partial charge < -0.3 is 19.9 Å². The normalized spacial score (nSPS) is 9.51. The number of amides is 1. The number of aliphatic hydroxyl groups is 1. The van der Waals surface area contributed by atoms with Crippen LogP contribution in [-0.2, 0) is 24.5 Å². The summed E-state index contributed by atoms with van der Waals surface area (Å²) in [4.78, 5) is 11.1. The molecule has 0 spiro atoms. The van der Waals surface area contributed by atoms with Crippen molar-refractivity contribution in [3.05, 3.63) is 112 Å². The number of carbonyl (C=O) groups excluding carboxylic acids is 1. The van der Waals surface area contributed by atoms with E-state index in [9.17, 15) is 4.79 Å². The van der Waals surface area contributed by atoms with E-state index in [1.54, 1.807) is 0 Å². The first-order valence-corrected chi connectivity index (χ1v) is 12.3. The molecule has 6 heteroatoms. The van der Waals surface area contributed by atoms with Crippen molar-refractivity contribution in [3.63, 3.8) is 0 Å². The number of nitrogens with one attached hydrogen (secondary N) is 1. The van der Waals surface area contributed by atoms with E-state index in [-0.39, 0.29) is 13.2 Å². The molecule has 188 valence electrons. The molecule has 0 saturated carbocycles. The number of halogens is 1. The van der Waals surface area contributed by atoms with Crippen molar-refractivity contribution < 1.29 is 19.4 Å². The predicted octanol–water partition coefficient (Wildman–Crippen LogP) is 7.34. The first-order chi connectivity index (χ1) is 16.9. The maximum atomic E-state index is 11.1. The molecule has 0 fully saturated rings. The Hall–Kier alpha value is -3.09. The number of rotatable bonds is 8. The van der Waals surface area contributed by atoms with Crippen molar-refractivity contribution in [2.45, 2.75) is 47.0 Å². The number of aryl methyl sites for hydroxylation is 1. The Balaban J connectivity index is 0.000000317. The predicted molar refractivity (Wildman–Crippen MR) is 146 cm³/mol. The number of aliphatic hydroxyl groups excluding tert-OH is 1. The van der Waals surface area contributed by atoms with Crippen LogP contribution in [0.25, 0.3) is 0 Å². The van der Waals surface area contributed by atoms with Gasteiger partial charge in [-0.05, 0) is 47.9 Å². The molecule has 0 aliphatic carbocycles. The third-order valence-electron chi connectivity index (χ3n) is 4.31. The van der Waals surface area contributed by atoms with E-state index in [1.165, 1.54) is 18.1 Å². The van der Waals surface area contributed by atoms with Crippen LogP contribution in [0.3, 0.4) is 0 Å². The van der Waals surface area contributed by atoms with E-state index in [4.69, 9.17) is 14.6 Å². The summed E-state index contributed by atoms with van der Waals surface area (Å²) in [7, 11) is 0. The van der Waals surface area contributed by atoms with Crippen LogP contribution in [0.4, 0.5) is 4.79 Å². The van der Waals surface area contributed by atoms with Crippen LogP contribution in [0.1, 0.15) is 42.5 Å². The number of benzene rings is 3. The summed E-state index contributed by atoms with van der Waals surface area (Å²) in [6, 6.07) is 23.5. The van der Waals surface area contributed by atoms with Crippen LogP contribution in [-0.4, -0.2) is 17.8 Å². The summed E-state index contributed by atoms with van der Waals surface area (Å²) in [5, 5.41) is 11.6. The number of alkyl carbamates (subject to hydrolysis) is 1. The van der Waals surface area contributed by atoms with Gasteiger partial charge in [-0.1, -0.05) is 103 Å². The van der Waals surface area contributed by atoms with E-state index in [1.807, 2.05) is 48.5 Å². The molecule has 0 heterocycles. The molecule has 0 atom stereocenters. The fourth-order valence-corrected chi connectivity index (χ4v) is 2.77. The molecule has 3 aromatic rings. The average molecular weight is 543 g/mol. The van der Waals surface area contributed by atoms with E-state index >= 15 is 0 Å². The molecular formula is C29H36BrNO4. The minimum Gasteiger partial charge on any atom is -0.489 e. The fourth-order valence-electron chi connectivity index (χ4n) is 2.50. The topological polar surface area (TPSA) is 67.8 Å². The van der Waals surface area contributed by atoms with Crippen molar-refractivity contribution >= 4 is 22.0 Å². The summed E-state index contributed by atoms with van der Waals surface area (Å²) in [6.07, 6.45) is 2.34. The zero-order valence-corrected chi connectivity index (χ0v) is 22.4. The van der Waals surface area contributed by atoms with Crippen molar-refractivity contribution in [2.24, 2.45) is 0 Å². The summed E-state index contributed by atoms with van der Waals surface area (Å²) >= 11 is 3.34. The van der Waals surface area contributed by atoms with Crippen molar-refractivity contribution in [1.82, 2.24) is 5.32 Å². The van der Waals surface area contributed by atoms with Crippen LogP contribution >= 0.6 is 15.9 Å². The Labute approximate surface area is 217 Å². The van der Waals surface area contributed by atoms with Gasteiger partial charge in [-0.25, -0.2) is 4.79 Å². The van der Waals surface area contributed by atoms with E-state index in [0.717, 1.165) is 26.9 Å². The number of carbonyl (C=O) groups is 1. The lowest BCUT2D eigenvalue weighted by molar-refractivity contribution is 0.158. The highest BCUT2D eigenvalue weighted by Gasteiger charge is 2.00. The molecule has 3 aromatic carbocycles. The highest BCUT2D eigenvalue weighted by molar-refractivity contribution is 9.10. The van der Waals surface area contributed by atoms with Gasteiger partial charge in [0.25, 0.3) is 0 Å². The number of ether oxygens (including phenoxy) is 2. The Morgan fingerprint density at radius 2 is 1.49 bits per heavy atom. The summed E-state index contributed by atoms with van der Waals surface area (Å²) in [6.45, 7) is 11.1. The minimum atomic E-state index is -0.433. The van der Waals surface area contributed by atoms with E-state index in [2.05, 4.69) is 72.9 Å². The molecule has 3 rings (SSSR count). The van der Waals surface area contributed by atoms with Crippen LogP contribution < -0.4 is 10.1 Å². The third-order valence-corrected chi connectivity index (χ3v) is 4.84. The first-order valence-electron chi connectivity index (χ1n) is 11.6. The van der Waals surface area contributed by atoms with Gasteiger partial charge in [0.15, 0.2) is 0 Å². The highest BCUT2D eigenvalue weighted by Crippen LogP contribution is 2.14. The van der Waals surface area contributed by atoms with Crippen LogP contribution in [0.2, 0.25) is 0 Å². The lowest BCUT2D eigenvalue weighted by atomic mass is 10.2. The van der Waals surface area contributed by atoms with Gasteiger partial charge in [-0.3, -0.25) is 0 Å². The Bertz CT molecular complexity index is 971. The number of hydrogen-bond donors (Lipinski definition) is 2. The number of hydrogen-bond acceptors (Lipinski definition) is 4. The van der Waals surface area contributed by atoms with Crippen LogP contribution in [0, 0.1) is 6.92 Å². The van der Waals surface area contributed by atoms with E-state index < -0.39 is 6.09 Å². The van der Waals surface area contributed by atoms with Crippen LogP contribution in [0.5, 0.6) is 5.75 Å². The standard InChI is InChI=1S/C15H16O2.C11H12BrNO2.C3H8/c1-12-2-4-14(5-3-12)11-17-15-8-6-13(10-16)7-9-15;1-2-7-15-11(14)13-8-9-3-5-10(12)6-4-9;1-3-2/h2-9,16H,10-11H2,1H3;2-6H,1,7-8H2,(H,13,14);3H2,1-2H3. The largest absolute Gasteiger partial charge is 0.489 e. The Morgan fingerprint density at radius 3 is 2.03 bits per heavy atom. The fraction of sp³-hybridized carbons (Fsp3) is 0.276. The molecule has 0 unspecified atom stereocenters. The average Bonchev–Trinajstić information content (AvgIpc) is 2.88. The zero-order chi connectivity index (χ0) is 25.9. The summed E-state index contributed by atoms with van der Waals surface area (Å²) in [5.74, 6) is 0.822. The lowest BCUT2D eigenvalue weighted by Crippen LogP contribution is -2.23. The van der Waals surface area contributed by atoms with Crippen LogP contribution in [0.15, 0.2) is 89.9 Å². The highest BCUT2D eigenvalue weighted by atomic mass is 79.9. The second kappa shape index (κ2) is 18.3. The summed E-state index contributed by atoms with van der Waals surface area (Å²) in [5.41, 5.74) is 4.32. The molecule has 0 bridgehead atoms. The molecule has 2 N–H and O–H groups in total. The molecule has 0 radical (unpaired) electrons. The Kier molecular flexibility index (Phi) is 15.6. The first kappa shape index (κ1) is 29.9. The third kappa shape index (κ3) is 14.0. The monoisotopic (exact) mass is 541 g/mol. The van der Waals surface area contributed by atoms with Gasteiger partial charge in [0.2, 0.25) is 0 Å². The zero-order valence-electron chi connectivity index (χ0n) is 20.8. The molecule has 0 aliphatic heterocycles. The molecule has 1 amide bonds. The van der Waals surface area contributed by atoms with Crippen molar-refractivity contribution in [3.8, 4) is 5.75 Å². The second-order valence-electron chi connectivity index (χ2n) is 7.65.